The highest BCUT2D eigenvalue weighted by molar-refractivity contribution is 8.18. The van der Waals surface area contributed by atoms with Crippen molar-refractivity contribution in [3.05, 3.63) is 87.8 Å². The first-order chi connectivity index (χ1) is 15.9. The van der Waals surface area contributed by atoms with E-state index in [0.29, 0.717) is 22.7 Å². The van der Waals surface area contributed by atoms with Crippen molar-refractivity contribution >= 4 is 34.9 Å². The molecule has 2 aromatic heterocycles. The van der Waals surface area contributed by atoms with Crippen molar-refractivity contribution in [1.29, 1.82) is 0 Å². The van der Waals surface area contributed by atoms with Crippen LogP contribution in [-0.4, -0.2) is 49.8 Å². The Morgan fingerprint density at radius 2 is 1.91 bits per heavy atom. The van der Waals surface area contributed by atoms with E-state index < -0.39 is 0 Å². The van der Waals surface area contributed by atoms with Crippen LogP contribution in [0.5, 0.6) is 0 Å². The minimum absolute atomic E-state index is 0.0943. The molecule has 168 valence electrons. The largest absolute Gasteiger partial charge is 0.350 e. The third-order valence-corrected chi connectivity index (χ3v) is 6.17. The Bertz CT molecular complexity index is 1220. The van der Waals surface area contributed by atoms with Gasteiger partial charge in [0.25, 0.3) is 17.1 Å². The number of nitrogens with zero attached hydrogens (tertiary/aromatic N) is 4. The van der Waals surface area contributed by atoms with Crippen molar-refractivity contribution in [2.45, 2.75) is 20.4 Å². The number of rotatable bonds is 7. The van der Waals surface area contributed by atoms with Crippen LogP contribution in [0.25, 0.3) is 6.08 Å². The lowest BCUT2D eigenvalue weighted by Gasteiger charge is -2.13. The zero-order valence-electron chi connectivity index (χ0n) is 18.3. The van der Waals surface area contributed by atoms with Crippen LogP contribution in [0.4, 0.5) is 4.79 Å². The van der Waals surface area contributed by atoms with E-state index in [1.807, 2.05) is 43.3 Å². The Labute approximate surface area is 195 Å². The van der Waals surface area contributed by atoms with Gasteiger partial charge in [-0.3, -0.25) is 28.9 Å². The number of carbonyl (C=O) groups is 3. The summed E-state index contributed by atoms with van der Waals surface area (Å²) in [6, 6.07) is 13.5. The Hall–Kier alpha value is -3.72. The lowest BCUT2D eigenvalue weighted by Crippen LogP contribution is -2.37. The van der Waals surface area contributed by atoms with Crippen LogP contribution in [0.3, 0.4) is 0 Å². The van der Waals surface area contributed by atoms with Crippen LogP contribution < -0.4 is 5.32 Å². The SMILES string of the molecule is Cc1nn(Cc2ccccc2)c(C)c1C(=O)NCCN1C(=O)SC(=Cc2cccnc2)C1=O. The van der Waals surface area contributed by atoms with Crippen molar-refractivity contribution in [2.24, 2.45) is 0 Å². The van der Waals surface area contributed by atoms with Gasteiger partial charge in [0.1, 0.15) is 0 Å². The van der Waals surface area contributed by atoms with Crippen LogP contribution in [0.1, 0.15) is 32.9 Å². The van der Waals surface area contributed by atoms with Gasteiger partial charge in [0, 0.05) is 31.2 Å². The number of aromatic nitrogens is 3. The lowest BCUT2D eigenvalue weighted by molar-refractivity contribution is -0.122. The molecule has 1 aromatic carbocycles. The second kappa shape index (κ2) is 9.83. The molecule has 8 nitrogen and oxygen atoms in total. The zero-order valence-corrected chi connectivity index (χ0v) is 19.1. The summed E-state index contributed by atoms with van der Waals surface area (Å²) >= 11 is 0.886. The molecule has 0 spiro atoms. The molecule has 4 rings (SSSR count). The maximum Gasteiger partial charge on any atom is 0.293 e. The molecular formula is C24H23N5O3S. The van der Waals surface area contributed by atoms with E-state index in [1.165, 1.54) is 0 Å². The summed E-state index contributed by atoms with van der Waals surface area (Å²) in [4.78, 5) is 43.2. The monoisotopic (exact) mass is 461 g/mol. The summed E-state index contributed by atoms with van der Waals surface area (Å²) in [5.74, 6) is -0.645. The summed E-state index contributed by atoms with van der Waals surface area (Å²) in [6.45, 7) is 4.47. The predicted octanol–water partition coefficient (Wildman–Crippen LogP) is 3.41. The molecule has 0 unspecified atom stereocenters. The summed E-state index contributed by atoms with van der Waals surface area (Å²) in [6.07, 6.45) is 4.90. The van der Waals surface area contributed by atoms with E-state index in [9.17, 15) is 14.4 Å². The maximum atomic E-state index is 12.8. The summed E-state index contributed by atoms with van der Waals surface area (Å²) in [5, 5.41) is 6.97. The highest BCUT2D eigenvalue weighted by Gasteiger charge is 2.34. The highest BCUT2D eigenvalue weighted by atomic mass is 32.2. The number of hydrogen-bond donors (Lipinski definition) is 1. The molecule has 0 atom stereocenters. The quantitative estimate of drug-likeness (QED) is 0.542. The van der Waals surface area contributed by atoms with Gasteiger partial charge < -0.3 is 5.32 Å². The van der Waals surface area contributed by atoms with Crippen molar-refractivity contribution in [1.82, 2.24) is 25.0 Å². The Morgan fingerprint density at radius 1 is 1.12 bits per heavy atom. The predicted molar refractivity (Wildman–Crippen MR) is 126 cm³/mol. The number of nitrogens with one attached hydrogen (secondary N) is 1. The van der Waals surface area contributed by atoms with E-state index >= 15 is 0 Å². The first-order valence-corrected chi connectivity index (χ1v) is 11.3. The summed E-state index contributed by atoms with van der Waals surface area (Å²) < 4.78 is 1.80. The first kappa shape index (κ1) is 22.5. The van der Waals surface area contributed by atoms with Gasteiger partial charge in [0.05, 0.1) is 22.7 Å². The van der Waals surface area contributed by atoms with Crippen LogP contribution in [0, 0.1) is 13.8 Å². The first-order valence-electron chi connectivity index (χ1n) is 10.5. The molecular weight excluding hydrogens is 438 g/mol. The van der Waals surface area contributed by atoms with E-state index in [0.717, 1.165) is 33.5 Å². The van der Waals surface area contributed by atoms with Gasteiger partial charge in [-0.25, -0.2) is 0 Å². The number of amides is 3. The molecule has 33 heavy (non-hydrogen) atoms. The summed E-state index contributed by atoms with van der Waals surface area (Å²) in [5.41, 5.74) is 3.74. The van der Waals surface area contributed by atoms with Crippen molar-refractivity contribution in [3.8, 4) is 0 Å². The molecule has 0 bridgehead atoms. The third-order valence-electron chi connectivity index (χ3n) is 5.26. The number of pyridine rings is 1. The molecule has 1 saturated heterocycles. The topological polar surface area (TPSA) is 97.2 Å². The average molecular weight is 462 g/mol. The molecule has 9 heteroatoms. The van der Waals surface area contributed by atoms with Gasteiger partial charge in [-0.05, 0) is 48.9 Å². The number of imide groups is 1. The van der Waals surface area contributed by atoms with Gasteiger partial charge in [-0.15, -0.1) is 0 Å². The fraction of sp³-hybridized carbons (Fsp3) is 0.208. The molecule has 1 N–H and O–H groups in total. The van der Waals surface area contributed by atoms with E-state index in [2.05, 4.69) is 15.4 Å². The Balaban J connectivity index is 1.37. The number of thioether (sulfide) groups is 1. The number of carbonyl (C=O) groups excluding carboxylic acids is 3. The second-order valence-electron chi connectivity index (χ2n) is 7.56. The molecule has 0 aliphatic carbocycles. The van der Waals surface area contributed by atoms with Crippen molar-refractivity contribution in [2.75, 3.05) is 13.1 Å². The van der Waals surface area contributed by atoms with Gasteiger partial charge in [-0.1, -0.05) is 36.4 Å². The molecule has 1 fully saturated rings. The third kappa shape index (κ3) is 5.04. The molecule has 3 amide bonds. The highest BCUT2D eigenvalue weighted by Crippen LogP contribution is 2.31. The van der Waals surface area contributed by atoms with Crippen molar-refractivity contribution < 1.29 is 14.4 Å². The second-order valence-corrected chi connectivity index (χ2v) is 8.56. The van der Waals surface area contributed by atoms with Crippen molar-refractivity contribution in [3.63, 3.8) is 0 Å². The standard InChI is InChI=1S/C24H23N5O3S/c1-16-21(17(2)29(27-16)15-18-7-4-3-5-8-18)22(30)26-11-12-28-23(31)20(33-24(28)32)13-19-9-6-10-25-14-19/h3-10,13-14H,11-12,15H2,1-2H3,(H,26,30). The Kier molecular flexibility index (Phi) is 6.69. The molecule has 0 saturated carbocycles. The van der Waals surface area contributed by atoms with Crippen LogP contribution >= 0.6 is 11.8 Å². The van der Waals surface area contributed by atoms with E-state index in [-0.39, 0.29) is 30.1 Å². The fourth-order valence-electron chi connectivity index (χ4n) is 3.61. The van der Waals surface area contributed by atoms with Gasteiger partial charge in [0.15, 0.2) is 0 Å². The molecule has 0 radical (unpaired) electrons. The minimum atomic E-state index is -0.369. The van der Waals surface area contributed by atoms with Crippen LogP contribution in [-0.2, 0) is 11.3 Å². The minimum Gasteiger partial charge on any atom is -0.350 e. The smallest absolute Gasteiger partial charge is 0.293 e. The van der Waals surface area contributed by atoms with Gasteiger partial charge in [-0.2, -0.15) is 5.10 Å². The molecule has 1 aliphatic rings. The fourth-order valence-corrected chi connectivity index (χ4v) is 4.48. The molecule has 3 aromatic rings. The number of benzene rings is 1. The van der Waals surface area contributed by atoms with Gasteiger partial charge >= 0.3 is 0 Å². The van der Waals surface area contributed by atoms with Gasteiger partial charge in [0.2, 0.25) is 0 Å². The summed E-state index contributed by atoms with van der Waals surface area (Å²) in [7, 11) is 0. The normalized spacial score (nSPS) is 14.8. The average Bonchev–Trinajstić information content (AvgIpc) is 3.23. The maximum absolute atomic E-state index is 12.8. The lowest BCUT2D eigenvalue weighted by atomic mass is 10.1. The Morgan fingerprint density at radius 3 is 2.64 bits per heavy atom. The number of hydrogen-bond acceptors (Lipinski definition) is 6. The molecule has 3 heterocycles. The molecule has 1 aliphatic heterocycles. The van der Waals surface area contributed by atoms with Crippen LogP contribution in [0.2, 0.25) is 0 Å². The van der Waals surface area contributed by atoms with E-state index in [4.69, 9.17) is 0 Å². The van der Waals surface area contributed by atoms with E-state index in [1.54, 1.807) is 36.1 Å². The zero-order chi connectivity index (χ0) is 23.4. The van der Waals surface area contributed by atoms with Crippen LogP contribution in [0.15, 0.2) is 59.8 Å². The number of aryl methyl sites for hydroxylation is 1.